The summed E-state index contributed by atoms with van der Waals surface area (Å²) in [5, 5.41) is 17.2. The van der Waals surface area contributed by atoms with Crippen LogP contribution in [0.25, 0.3) is 0 Å². The lowest BCUT2D eigenvalue weighted by atomic mass is 10.1. The van der Waals surface area contributed by atoms with Crippen LogP contribution in [0.3, 0.4) is 0 Å². The number of rotatable bonds is 4. The first-order chi connectivity index (χ1) is 6.52. The van der Waals surface area contributed by atoms with Crippen LogP contribution in [0.15, 0.2) is 0 Å². The Labute approximate surface area is 81.5 Å². The lowest BCUT2D eigenvalue weighted by Crippen LogP contribution is -2.32. The Morgan fingerprint density at radius 2 is 1.40 bits per heavy atom. The van der Waals surface area contributed by atoms with E-state index < -0.39 is 43.8 Å². The third kappa shape index (κ3) is 7.43. The van der Waals surface area contributed by atoms with Crippen LogP contribution in [0.5, 0.6) is 0 Å². The molecule has 1 unspecified atom stereocenters. The zero-order valence-corrected chi connectivity index (χ0v) is 7.44. The molecule has 2 atom stereocenters. The van der Waals surface area contributed by atoms with Crippen LogP contribution in [-0.2, 0) is 0 Å². The summed E-state index contributed by atoms with van der Waals surface area (Å²) in [6.07, 6.45) is -17.4. The Hall–Kier alpha value is -0.500. The molecule has 0 spiro atoms. The molecule has 8 heteroatoms. The maximum atomic E-state index is 11.7. The van der Waals surface area contributed by atoms with Crippen LogP contribution in [0.2, 0.25) is 0 Å². The molecule has 0 bridgehead atoms. The Bertz CT molecular complexity index is 187. The molecule has 0 aliphatic rings. The monoisotopic (exact) mass is 240 g/mol. The third-order valence-electron chi connectivity index (χ3n) is 1.63. The molecule has 0 saturated heterocycles. The molecule has 0 aromatic heterocycles. The van der Waals surface area contributed by atoms with E-state index in [1.54, 1.807) is 0 Å². The fourth-order valence-electron chi connectivity index (χ4n) is 0.839. The summed E-state index contributed by atoms with van der Waals surface area (Å²) in [5.41, 5.74) is 0. The number of aliphatic hydroxyl groups is 2. The lowest BCUT2D eigenvalue weighted by molar-refractivity contribution is -0.212. The predicted molar refractivity (Wildman–Crippen MR) is 38.0 cm³/mol. The first-order valence-corrected chi connectivity index (χ1v) is 4.02. The van der Waals surface area contributed by atoms with Crippen LogP contribution in [-0.4, -0.2) is 34.8 Å². The number of aliphatic hydroxyl groups excluding tert-OH is 2. The molecule has 0 aliphatic heterocycles. The Balaban J connectivity index is 3.89. The highest BCUT2D eigenvalue weighted by atomic mass is 19.4. The number of hydrogen-bond acceptors (Lipinski definition) is 2. The van der Waals surface area contributed by atoms with Gasteiger partial charge in [-0.15, -0.1) is 0 Å². The second kappa shape index (κ2) is 5.02. The van der Waals surface area contributed by atoms with E-state index in [1.165, 1.54) is 0 Å². The van der Waals surface area contributed by atoms with E-state index in [-0.39, 0.29) is 0 Å². The highest BCUT2D eigenvalue weighted by Crippen LogP contribution is 2.27. The van der Waals surface area contributed by atoms with Gasteiger partial charge in [-0.05, 0) is 6.42 Å². The van der Waals surface area contributed by atoms with Gasteiger partial charge in [-0.3, -0.25) is 0 Å². The molecule has 2 nitrogen and oxygen atoms in total. The van der Waals surface area contributed by atoms with E-state index >= 15 is 0 Å². The van der Waals surface area contributed by atoms with Gasteiger partial charge in [-0.1, -0.05) is 0 Å². The maximum Gasteiger partial charge on any atom is 0.414 e. The van der Waals surface area contributed by atoms with Gasteiger partial charge in [0.2, 0.25) is 0 Å². The molecule has 0 aromatic rings. The molecule has 0 rings (SSSR count). The minimum absolute atomic E-state index is 0.851. The van der Waals surface area contributed by atoms with Crippen LogP contribution < -0.4 is 0 Å². The zero-order chi connectivity index (χ0) is 12.3. The van der Waals surface area contributed by atoms with Crippen LogP contribution >= 0.6 is 0 Å². The van der Waals surface area contributed by atoms with Crippen molar-refractivity contribution in [2.45, 2.75) is 43.8 Å². The van der Waals surface area contributed by atoms with E-state index in [0.717, 1.165) is 0 Å². The van der Waals surface area contributed by atoms with Crippen molar-refractivity contribution in [3.63, 3.8) is 0 Å². The standard InChI is InChI=1S/C7H10F6O2/c8-6(9,10)2-1-4(14)3-5(15)7(11,12)13/h4-5,14-15H,1-3H2/t4?,5-/m0/s1. The van der Waals surface area contributed by atoms with Crippen LogP contribution in [0.4, 0.5) is 26.3 Å². The quantitative estimate of drug-likeness (QED) is 0.738. The summed E-state index contributed by atoms with van der Waals surface area (Å²) in [4.78, 5) is 0. The van der Waals surface area contributed by atoms with Crippen molar-refractivity contribution in [2.24, 2.45) is 0 Å². The van der Waals surface area contributed by atoms with E-state index in [2.05, 4.69) is 0 Å². The van der Waals surface area contributed by atoms with E-state index in [4.69, 9.17) is 10.2 Å². The number of halogens is 6. The molecule has 2 N–H and O–H groups in total. The summed E-state index contributed by atoms with van der Waals surface area (Å²) >= 11 is 0. The lowest BCUT2D eigenvalue weighted by Gasteiger charge is -2.18. The molecular formula is C7H10F6O2. The van der Waals surface area contributed by atoms with E-state index in [0.29, 0.717) is 0 Å². The van der Waals surface area contributed by atoms with Crippen molar-refractivity contribution in [3.05, 3.63) is 0 Å². The summed E-state index contributed by atoms with van der Waals surface area (Å²) in [6.45, 7) is 0. The molecule has 0 saturated carbocycles. The van der Waals surface area contributed by atoms with Gasteiger partial charge in [0, 0.05) is 12.8 Å². The molecule has 0 amide bonds. The zero-order valence-electron chi connectivity index (χ0n) is 7.44. The third-order valence-corrected chi connectivity index (χ3v) is 1.63. The highest BCUT2D eigenvalue weighted by Gasteiger charge is 2.39. The van der Waals surface area contributed by atoms with Crippen molar-refractivity contribution in [1.29, 1.82) is 0 Å². The predicted octanol–water partition coefficient (Wildman–Crippen LogP) is 2.00. The second-order valence-corrected chi connectivity index (χ2v) is 3.10. The Kier molecular flexibility index (Phi) is 4.85. The Morgan fingerprint density at radius 3 is 1.73 bits per heavy atom. The fraction of sp³-hybridized carbons (Fsp3) is 1.00. The van der Waals surface area contributed by atoms with Gasteiger partial charge >= 0.3 is 12.4 Å². The molecular weight excluding hydrogens is 230 g/mol. The van der Waals surface area contributed by atoms with Crippen LogP contribution in [0, 0.1) is 0 Å². The average Bonchev–Trinajstić information content (AvgIpc) is 1.97. The number of hydrogen-bond donors (Lipinski definition) is 2. The van der Waals surface area contributed by atoms with Gasteiger partial charge in [0.15, 0.2) is 6.10 Å². The summed E-state index contributed by atoms with van der Waals surface area (Å²) in [6, 6.07) is 0. The minimum atomic E-state index is -4.92. The smallest absolute Gasteiger partial charge is 0.393 e. The van der Waals surface area contributed by atoms with Crippen molar-refractivity contribution < 1.29 is 36.6 Å². The number of alkyl halides is 6. The van der Waals surface area contributed by atoms with Gasteiger partial charge < -0.3 is 10.2 Å². The molecule has 0 aromatic carbocycles. The van der Waals surface area contributed by atoms with E-state index in [9.17, 15) is 26.3 Å². The van der Waals surface area contributed by atoms with Gasteiger partial charge in [-0.25, -0.2) is 0 Å². The second-order valence-electron chi connectivity index (χ2n) is 3.10. The van der Waals surface area contributed by atoms with E-state index in [1.807, 2.05) is 0 Å². The first-order valence-electron chi connectivity index (χ1n) is 4.02. The van der Waals surface area contributed by atoms with Crippen molar-refractivity contribution in [3.8, 4) is 0 Å². The largest absolute Gasteiger partial charge is 0.414 e. The van der Waals surface area contributed by atoms with Gasteiger partial charge in [0.05, 0.1) is 6.10 Å². The van der Waals surface area contributed by atoms with Gasteiger partial charge in [0.1, 0.15) is 0 Å². The SMILES string of the molecule is OC(CCC(F)(F)F)C[C@H](O)C(F)(F)F. The fourth-order valence-corrected chi connectivity index (χ4v) is 0.839. The summed E-state index contributed by atoms with van der Waals surface area (Å²) < 4.78 is 69.9. The summed E-state index contributed by atoms with van der Waals surface area (Å²) in [5.74, 6) is 0. The molecule has 15 heavy (non-hydrogen) atoms. The minimum Gasteiger partial charge on any atom is -0.393 e. The van der Waals surface area contributed by atoms with Gasteiger partial charge in [-0.2, -0.15) is 26.3 Å². The topological polar surface area (TPSA) is 40.5 Å². The van der Waals surface area contributed by atoms with Crippen molar-refractivity contribution >= 4 is 0 Å². The highest BCUT2D eigenvalue weighted by molar-refractivity contribution is 4.71. The molecule has 0 aliphatic carbocycles. The average molecular weight is 240 g/mol. The van der Waals surface area contributed by atoms with Gasteiger partial charge in [0.25, 0.3) is 0 Å². The van der Waals surface area contributed by atoms with Crippen molar-refractivity contribution in [1.82, 2.24) is 0 Å². The molecule has 0 fully saturated rings. The molecule has 92 valence electrons. The molecule has 0 radical (unpaired) electrons. The summed E-state index contributed by atoms with van der Waals surface area (Å²) in [7, 11) is 0. The van der Waals surface area contributed by atoms with Crippen LogP contribution in [0.1, 0.15) is 19.3 Å². The molecule has 0 heterocycles. The first kappa shape index (κ1) is 14.5. The maximum absolute atomic E-state index is 11.7. The Morgan fingerprint density at radius 1 is 0.933 bits per heavy atom. The van der Waals surface area contributed by atoms with Crippen molar-refractivity contribution in [2.75, 3.05) is 0 Å². The normalized spacial score (nSPS) is 17.6.